The monoisotopic (exact) mass is 443 g/mol. The third kappa shape index (κ3) is 4.98. The highest BCUT2D eigenvalue weighted by atomic mass is 16.2. The van der Waals surface area contributed by atoms with Crippen LogP contribution >= 0.6 is 0 Å². The fourth-order valence-electron chi connectivity index (χ4n) is 4.63. The summed E-state index contributed by atoms with van der Waals surface area (Å²) in [7, 11) is 0. The van der Waals surface area contributed by atoms with Crippen molar-refractivity contribution < 1.29 is 9.59 Å². The van der Waals surface area contributed by atoms with E-state index < -0.39 is 0 Å². The Bertz CT molecular complexity index is 1100. The number of aromatic nitrogens is 2. The third-order valence-electron chi connectivity index (χ3n) is 6.49. The number of nitrogens with one attached hydrogen (secondary N) is 1. The Morgan fingerprint density at radius 2 is 1.52 bits per heavy atom. The first kappa shape index (κ1) is 21.4. The number of nitrogens with zero attached hydrogens (tertiary/aromatic N) is 4. The van der Waals surface area contributed by atoms with Gasteiger partial charge >= 0.3 is 0 Å². The van der Waals surface area contributed by atoms with Gasteiger partial charge in [-0.1, -0.05) is 60.7 Å². The number of hydrogen-bond acceptors (Lipinski definition) is 4. The molecular formula is C26H29N5O2. The van der Waals surface area contributed by atoms with Crippen LogP contribution in [0.3, 0.4) is 0 Å². The maximum absolute atomic E-state index is 12.9. The van der Waals surface area contributed by atoms with Crippen molar-refractivity contribution in [3.8, 4) is 0 Å². The number of piperidine rings is 1. The van der Waals surface area contributed by atoms with E-state index in [4.69, 9.17) is 0 Å². The van der Waals surface area contributed by atoms with Gasteiger partial charge in [-0.15, -0.1) is 0 Å². The summed E-state index contributed by atoms with van der Waals surface area (Å²) in [4.78, 5) is 34.4. The van der Waals surface area contributed by atoms with E-state index in [1.807, 2.05) is 36.4 Å². The summed E-state index contributed by atoms with van der Waals surface area (Å²) >= 11 is 0. The van der Waals surface area contributed by atoms with Crippen LogP contribution in [0, 0.1) is 0 Å². The topological polar surface area (TPSA) is 70.5 Å². The molecule has 0 aliphatic carbocycles. The number of rotatable bonds is 6. The molecule has 3 aromatic rings. The Morgan fingerprint density at radius 3 is 2.18 bits per heavy atom. The maximum atomic E-state index is 12.9. The molecule has 0 saturated carbocycles. The first-order valence-corrected chi connectivity index (χ1v) is 11.6. The number of carbonyl (C=O) groups excluding carboxylic acids is 2. The molecule has 2 aliphatic rings. The lowest BCUT2D eigenvalue weighted by Gasteiger charge is -2.32. The van der Waals surface area contributed by atoms with Crippen LogP contribution in [0.5, 0.6) is 0 Å². The highest BCUT2D eigenvalue weighted by molar-refractivity contribution is 5.96. The van der Waals surface area contributed by atoms with Gasteiger partial charge in [0.2, 0.25) is 0 Å². The highest BCUT2D eigenvalue weighted by Crippen LogP contribution is 2.18. The molecule has 2 aromatic carbocycles. The molecule has 0 atom stereocenters. The second-order valence-electron chi connectivity index (χ2n) is 8.86. The van der Waals surface area contributed by atoms with Gasteiger partial charge in [0, 0.05) is 51.5 Å². The van der Waals surface area contributed by atoms with Crippen LogP contribution in [-0.4, -0.2) is 56.8 Å². The Kier molecular flexibility index (Phi) is 6.21. The third-order valence-corrected chi connectivity index (χ3v) is 6.49. The van der Waals surface area contributed by atoms with Crippen molar-refractivity contribution in [1.29, 1.82) is 0 Å². The molecule has 7 nitrogen and oxygen atoms in total. The van der Waals surface area contributed by atoms with Crippen LogP contribution in [0.1, 0.15) is 45.1 Å². The lowest BCUT2D eigenvalue weighted by molar-refractivity contribution is 0.0683. The Morgan fingerprint density at radius 1 is 0.879 bits per heavy atom. The molecule has 3 heterocycles. The molecule has 7 heteroatoms. The molecule has 2 amide bonds. The Hall–Kier alpha value is -3.45. The van der Waals surface area contributed by atoms with Gasteiger partial charge in [-0.25, -0.2) is 4.98 Å². The van der Waals surface area contributed by atoms with Crippen molar-refractivity contribution in [2.45, 2.75) is 38.5 Å². The molecule has 0 spiro atoms. The predicted octanol–water partition coefficient (Wildman–Crippen LogP) is 2.93. The second-order valence-corrected chi connectivity index (χ2v) is 8.86. The smallest absolute Gasteiger partial charge is 0.290 e. The quantitative estimate of drug-likeness (QED) is 0.636. The zero-order valence-corrected chi connectivity index (χ0v) is 18.7. The van der Waals surface area contributed by atoms with E-state index in [9.17, 15) is 9.59 Å². The summed E-state index contributed by atoms with van der Waals surface area (Å²) in [6, 6.07) is 20.5. The van der Waals surface area contributed by atoms with Crippen LogP contribution in [0.15, 0.2) is 66.9 Å². The SMILES string of the molecule is O=C(NC1CCN(Cc2ccccc2)CC1)c1cn2c(n1)C(=O)N(Cc1ccccc1)CC2. The molecule has 0 unspecified atom stereocenters. The number of carbonyl (C=O) groups is 2. The van der Waals surface area contributed by atoms with Crippen molar-refractivity contribution in [2.24, 2.45) is 0 Å². The van der Waals surface area contributed by atoms with E-state index in [2.05, 4.69) is 39.5 Å². The normalized spacial score (nSPS) is 17.1. The van der Waals surface area contributed by atoms with E-state index in [1.165, 1.54) is 5.56 Å². The molecule has 33 heavy (non-hydrogen) atoms. The summed E-state index contributed by atoms with van der Waals surface area (Å²) < 4.78 is 1.81. The van der Waals surface area contributed by atoms with Gasteiger partial charge < -0.3 is 14.8 Å². The molecule has 1 N–H and O–H groups in total. The summed E-state index contributed by atoms with van der Waals surface area (Å²) in [6.45, 7) is 4.65. The zero-order chi connectivity index (χ0) is 22.6. The summed E-state index contributed by atoms with van der Waals surface area (Å²) in [5.41, 5.74) is 2.73. The molecule has 1 aromatic heterocycles. The van der Waals surface area contributed by atoms with Crippen molar-refractivity contribution in [3.63, 3.8) is 0 Å². The first-order valence-electron chi connectivity index (χ1n) is 11.6. The van der Waals surface area contributed by atoms with Crippen LogP contribution in [0.25, 0.3) is 0 Å². The largest absolute Gasteiger partial charge is 0.348 e. The molecule has 5 rings (SSSR count). The average molecular weight is 444 g/mol. The van der Waals surface area contributed by atoms with Crippen LogP contribution in [-0.2, 0) is 19.6 Å². The molecule has 0 bridgehead atoms. The van der Waals surface area contributed by atoms with Gasteiger partial charge in [-0.05, 0) is 24.0 Å². The average Bonchev–Trinajstić information content (AvgIpc) is 3.29. The Labute approximate surface area is 194 Å². The van der Waals surface area contributed by atoms with Crippen LogP contribution in [0.2, 0.25) is 0 Å². The van der Waals surface area contributed by atoms with Gasteiger partial charge in [0.25, 0.3) is 11.8 Å². The zero-order valence-electron chi connectivity index (χ0n) is 18.7. The molecular weight excluding hydrogens is 414 g/mol. The van der Waals surface area contributed by atoms with Crippen molar-refractivity contribution >= 4 is 11.8 Å². The fraction of sp³-hybridized carbons (Fsp3) is 0.346. The van der Waals surface area contributed by atoms with Gasteiger partial charge in [0.1, 0.15) is 5.69 Å². The van der Waals surface area contributed by atoms with Crippen molar-refractivity contribution in [3.05, 3.63) is 89.5 Å². The van der Waals surface area contributed by atoms with E-state index in [1.54, 1.807) is 15.7 Å². The molecule has 1 saturated heterocycles. The van der Waals surface area contributed by atoms with E-state index in [-0.39, 0.29) is 17.9 Å². The molecule has 0 radical (unpaired) electrons. The predicted molar refractivity (Wildman–Crippen MR) is 126 cm³/mol. The first-order chi connectivity index (χ1) is 16.2. The number of likely N-dealkylation sites (tertiary alicyclic amines) is 1. The molecule has 1 fully saturated rings. The second kappa shape index (κ2) is 9.58. The van der Waals surface area contributed by atoms with Gasteiger partial charge in [0.15, 0.2) is 5.82 Å². The van der Waals surface area contributed by atoms with Gasteiger partial charge in [-0.3, -0.25) is 14.5 Å². The Balaban J connectivity index is 1.16. The van der Waals surface area contributed by atoms with E-state index >= 15 is 0 Å². The minimum atomic E-state index is -0.194. The number of hydrogen-bond donors (Lipinski definition) is 1. The van der Waals surface area contributed by atoms with Gasteiger partial charge in [0.05, 0.1) is 0 Å². The van der Waals surface area contributed by atoms with Crippen molar-refractivity contribution in [1.82, 2.24) is 24.7 Å². The van der Waals surface area contributed by atoms with Gasteiger partial charge in [-0.2, -0.15) is 0 Å². The summed E-state index contributed by atoms with van der Waals surface area (Å²) in [5, 5.41) is 3.13. The number of amides is 2. The maximum Gasteiger partial charge on any atom is 0.290 e. The highest BCUT2D eigenvalue weighted by Gasteiger charge is 2.29. The lowest BCUT2D eigenvalue weighted by atomic mass is 10.0. The molecule has 170 valence electrons. The summed E-state index contributed by atoms with van der Waals surface area (Å²) in [5.74, 6) is 0.0270. The number of fused-ring (bicyclic) bond motifs is 1. The summed E-state index contributed by atoms with van der Waals surface area (Å²) in [6.07, 6.45) is 3.54. The fourth-order valence-corrected chi connectivity index (χ4v) is 4.63. The number of benzene rings is 2. The minimum Gasteiger partial charge on any atom is -0.348 e. The number of imidazole rings is 1. The lowest BCUT2D eigenvalue weighted by Crippen LogP contribution is -2.44. The van der Waals surface area contributed by atoms with Crippen LogP contribution in [0.4, 0.5) is 0 Å². The van der Waals surface area contributed by atoms with E-state index in [0.29, 0.717) is 31.2 Å². The van der Waals surface area contributed by atoms with E-state index in [0.717, 1.165) is 38.0 Å². The van der Waals surface area contributed by atoms with Crippen LogP contribution < -0.4 is 5.32 Å². The standard InChI is InChI=1S/C26H29N5O2/c32-25(27-22-11-13-29(14-12-22)17-20-7-3-1-4-8-20)23-19-30-15-16-31(26(33)24(30)28-23)18-21-9-5-2-6-10-21/h1-10,19,22H,11-18H2,(H,27,32). The minimum absolute atomic E-state index is 0.127. The van der Waals surface area contributed by atoms with Crippen molar-refractivity contribution in [2.75, 3.05) is 19.6 Å². The molecule has 2 aliphatic heterocycles.